The maximum absolute atomic E-state index is 12.4. The number of likely N-dealkylation sites (tertiary alicyclic amines) is 1. The van der Waals surface area contributed by atoms with Crippen LogP contribution in [0.2, 0.25) is 10.0 Å². The highest BCUT2D eigenvalue weighted by atomic mass is 35.5. The number of piperidine rings is 1. The smallest absolute Gasteiger partial charge is 0.325 e. The van der Waals surface area contributed by atoms with Crippen LogP contribution >= 0.6 is 23.2 Å². The van der Waals surface area contributed by atoms with E-state index in [1.54, 1.807) is 4.90 Å². The van der Waals surface area contributed by atoms with Gasteiger partial charge in [-0.25, -0.2) is 8.42 Å². The number of nitrogens with one attached hydrogen (secondary N) is 1. The highest BCUT2D eigenvalue weighted by molar-refractivity contribution is 7.90. The Bertz CT molecular complexity index is 985. The van der Waals surface area contributed by atoms with E-state index < -0.39 is 21.8 Å². The molecule has 30 heavy (non-hydrogen) atoms. The van der Waals surface area contributed by atoms with Gasteiger partial charge in [-0.2, -0.15) is 0 Å². The standard InChI is InChI=1S/C19H22Cl2N2O6S/c1-11(19(26)27)22-18(25)13-7-9-23(10-8-13)15(24)6-4-12-3-5-14(30(2,28)29)17(21)16(12)20/h3-6,11,13H,7-10H2,1-2H3,(H,22,25)(H,26,27). The highest BCUT2D eigenvalue weighted by Crippen LogP contribution is 2.33. The first-order valence-electron chi connectivity index (χ1n) is 9.10. The largest absolute Gasteiger partial charge is 0.480 e. The average Bonchev–Trinajstić information content (AvgIpc) is 2.67. The third-order valence-corrected chi connectivity index (χ3v) is 6.94. The van der Waals surface area contributed by atoms with Crippen molar-refractivity contribution in [3.05, 3.63) is 33.8 Å². The van der Waals surface area contributed by atoms with Gasteiger partial charge in [0, 0.05) is 31.3 Å². The number of amides is 2. The molecule has 1 aliphatic rings. The molecular formula is C19H22Cl2N2O6S. The van der Waals surface area contributed by atoms with Gasteiger partial charge in [0.25, 0.3) is 0 Å². The molecule has 1 unspecified atom stereocenters. The number of carboxylic acid groups (broad SMARTS) is 1. The Morgan fingerprint density at radius 2 is 1.80 bits per heavy atom. The monoisotopic (exact) mass is 476 g/mol. The van der Waals surface area contributed by atoms with Gasteiger partial charge in [-0.15, -0.1) is 0 Å². The van der Waals surface area contributed by atoms with Gasteiger partial charge in [0.05, 0.1) is 14.9 Å². The Hall–Kier alpha value is -2.10. The van der Waals surface area contributed by atoms with E-state index in [0.29, 0.717) is 31.5 Å². The minimum atomic E-state index is -3.53. The quantitative estimate of drug-likeness (QED) is 0.607. The van der Waals surface area contributed by atoms with Crippen LogP contribution in [0, 0.1) is 5.92 Å². The van der Waals surface area contributed by atoms with Gasteiger partial charge in [0.2, 0.25) is 11.8 Å². The molecule has 2 rings (SSSR count). The van der Waals surface area contributed by atoms with E-state index in [1.165, 1.54) is 31.2 Å². The molecule has 0 bridgehead atoms. The second-order valence-corrected chi connectivity index (χ2v) is 9.79. The van der Waals surface area contributed by atoms with Crippen molar-refractivity contribution in [2.45, 2.75) is 30.7 Å². The molecule has 8 nitrogen and oxygen atoms in total. The summed E-state index contributed by atoms with van der Waals surface area (Å²) in [6.07, 6.45) is 4.64. The summed E-state index contributed by atoms with van der Waals surface area (Å²) in [6.45, 7) is 2.10. The molecule has 11 heteroatoms. The molecule has 1 aliphatic heterocycles. The summed E-state index contributed by atoms with van der Waals surface area (Å²) in [4.78, 5) is 36.9. The zero-order valence-electron chi connectivity index (χ0n) is 16.4. The normalized spacial score (nSPS) is 16.5. The van der Waals surface area contributed by atoms with Gasteiger partial charge >= 0.3 is 5.97 Å². The second kappa shape index (κ2) is 9.80. The van der Waals surface area contributed by atoms with Crippen molar-refractivity contribution in [1.29, 1.82) is 0 Å². The van der Waals surface area contributed by atoms with Crippen LogP contribution in [0.5, 0.6) is 0 Å². The number of carbonyl (C=O) groups excluding carboxylic acids is 2. The number of nitrogens with zero attached hydrogens (tertiary/aromatic N) is 1. The van der Waals surface area contributed by atoms with Crippen LogP contribution in [-0.4, -0.2) is 61.6 Å². The van der Waals surface area contributed by atoms with Gasteiger partial charge in [0.15, 0.2) is 9.84 Å². The zero-order chi connectivity index (χ0) is 22.6. The molecule has 1 atom stereocenters. The molecule has 0 saturated carbocycles. The predicted molar refractivity (Wildman–Crippen MR) is 113 cm³/mol. The lowest BCUT2D eigenvalue weighted by molar-refractivity contribution is -0.142. The van der Waals surface area contributed by atoms with Crippen LogP contribution in [0.4, 0.5) is 0 Å². The van der Waals surface area contributed by atoms with E-state index in [9.17, 15) is 22.8 Å². The third kappa shape index (κ3) is 5.96. The van der Waals surface area contributed by atoms with Crippen LogP contribution in [0.1, 0.15) is 25.3 Å². The van der Waals surface area contributed by atoms with Crippen molar-refractivity contribution in [2.75, 3.05) is 19.3 Å². The first-order chi connectivity index (χ1) is 13.9. The number of benzene rings is 1. The van der Waals surface area contributed by atoms with Crippen LogP contribution in [-0.2, 0) is 24.2 Å². The number of hydrogen-bond donors (Lipinski definition) is 2. The third-order valence-electron chi connectivity index (χ3n) is 4.79. The number of sulfone groups is 1. The van der Waals surface area contributed by atoms with Gasteiger partial charge in [-0.3, -0.25) is 14.4 Å². The van der Waals surface area contributed by atoms with Crippen LogP contribution < -0.4 is 5.32 Å². The predicted octanol–water partition coefficient (Wildman–Crippen LogP) is 2.24. The van der Waals surface area contributed by atoms with E-state index in [1.807, 2.05) is 0 Å². The Morgan fingerprint density at radius 1 is 1.20 bits per heavy atom. The Kier molecular flexibility index (Phi) is 7.90. The molecule has 2 N–H and O–H groups in total. The van der Waals surface area contributed by atoms with Crippen molar-refractivity contribution in [2.24, 2.45) is 5.92 Å². The number of aliphatic carboxylic acids is 1. The lowest BCUT2D eigenvalue weighted by Gasteiger charge is -2.31. The number of halogens is 2. The first kappa shape index (κ1) is 24.2. The maximum atomic E-state index is 12.4. The minimum Gasteiger partial charge on any atom is -0.480 e. The van der Waals surface area contributed by atoms with Crippen molar-refractivity contribution in [1.82, 2.24) is 10.2 Å². The van der Waals surface area contributed by atoms with Gasteiger partial charge in [-0.1, -0.05) is 29.3 Å². The summed E-state index contributed by atoms with van der Waals surface area (Å²) in [5.41, 5.74) is 0.402. The van der Waals surface area contributed by atoms with E-state index in [-0.39, 0.29) is 32.7 Å². The second-order valence-electron chi connectivity index (χ2n) is 7.05. The molecule has 0 aliphatic carbocycles. The minimum absolute atomic E-state index is 0.0339. The van der Waals surface area contributed by atoms with Crippen molar-refractivity contribution in [3.63, 3.8) is 0 Å². The Labute approximate surface area is 184 Å². The SMILES string of the molecule is CC(NC(=O)C1CCN(C(=O)C=Cc2ccc(S(C)(=O)=O)c(Cl)c2Cl)CC1)C(=O)O. The molecule has 1 aromatic carbocycles. The van der Waals surface area contributed by atoms with Crippen molar-refractivity contribution in [3.8, 4) is 0 Å². The van der Waals surface area contributed by atoms with Crippen LogP contribution in [0.25, 0.3) is 6.08 Å². The van der Waals surface area contributed by atoms with E-state index in [2.05, 4.69) is 5.32 Å². The van der Waals surface area contributed by atoms with Crippen molar-refractivity contribution < 1.29 is 27.9 Å². The van der Waals surface area contributed by atoms with Gasteiger partial charge in [0.1, 0.15) is 6.04 Å². The fourth-order valence-electron chi connectivity index (χ4n) is 2.98. The summed E-state index contributed by atoms with van der Waals surface area (Å²) in [5, 5.41) is 11.2. The average molecular weight is 477 g/mol. The molecule has 1 fully saturated rings. The highest BCUT2D eigenvalue weighted by Gasteiger charge is 2.28. The van der Waals surface area contributed by atoms with Gasteiger partial charge in [-0.05, 0) is 37.5 Å². The Balaban J connectivity index is 1.98. The zero-order valence-corrected chi connectivity index (χ0v) is 18.7. The number of hydrogen-bond acceptors (Lipinski definition) is 5. The lowest BCUT2D eigenvalue weighted by atomic mass is 9.95. The molecule has 164 valence electrons. The summed E-state index contributed by atoms with van der Waals surface area (Å²) in [5.74, 6) is -2.08. The molecule has 2 amide bonds. The summed E-state index contributed by atoms with van der Waals surface area (Å²) < 4.78 is 23.4. The maximum Gasteiger partial charge on any atom is 0.325 e. The van der Waals surface area contributed by atoms with Crippen LogP contribution in [0.3, 0.4) is 0 Å². The molecule has 1 saturated heterocycles. The van der Waals surface area contributed by atoms with Crippen molar-refractivity contribution >= 4 is 56.9 Å². The van der Waals surface area contributed by atoms with E-state index in [0.717, 1.165) is 6.26 Å². The molecule has 1 heterocycles. The molecule has 0 radical (unpaired) electrons. The topological polar surface area (TPSA) is 121 Å². The van der Waals surface area contributed by atoms with Gasteiger partial charge < -0.3 is 15.3 Å². The fourth-order valence-corrected chi connectivity index (χ4v) is 4.60. The number of carbonyl (C=O) groups is 3. The molecule has 1 aromatic rings. The fraction of sp³-hybridized carbons (Fsp3) is 0.421. The van der Waals surface area contributed by atoms with Crippen LogP contribution in [0.15, 0.2) is 23.1 Å². The molecular weight excluding hydrogens is 455 g/mol. The number of carboxylic acids is 1. The lowest BCUT2D eigenvalue weighted by Crippen LogP contribution is -2.46. The van der Waals surface area contributed by atoms with E-state index >= 15 is 0 Å². The van der Waals surface area contributed by atoms with E-state index in [4.69, 9.17) is 28.3 Å². The summed E-state index contributed by atoms with van der Waals surface area (Å²) in [7, 11) is -3.53. The Morgan fingerprint density at radius 3 is 2.33 bits per heavy atom. The first-order valence-corrected chi connectivity index (χ1v) is 11.7. The summed E-state index contributed by atoms with van der Waals surface area (Å²) >= 11 is 12.2. The molecule has 0 spiro atoms. The molecule has 0 aromatic heterocycles. The summed E-state index contributed by atoms with van der Waals surface area (Å²) in [6, 6.07) is 1.83. The number of rotatable bonds is 6.